The second kappa shape index (κ2) is 8.85. The molecule has 0 fully saturated rings. The van der Waals surface area contributed by atoms with E-state index < -0.39 is 0 Å². The van der Waals surface area contributed by atoms with Crippen LogP contribution in [-0.4, -0.2) is 0 Å². The molecule has 0 aliphatic heterocycles. The zero-order valence-corrected chi connectivity index (χ0v) is 16.4. The van der Waals surface area contributed by atoms with Gasteiger partial charge in [0.15, 0.2) is 0 Å². The van der Waals surface area contributed by atoms with Gasteiger partial charge in [-0.2, -0.15) is 0 Å². The maximum atomic E-state index is 2.49. The van der Waals surface area contributed by atoms with E-state index in [1.54, 1.807) is 5.56 Å². The molecular formula is C26H30. The quantitative estimate of drug-likeness (QED) is 0.417. The molecule has 0 saturated carbocycles. The summed E-state index contributed by atoms with van der Waals surface area (Å²) in [4.78, 5) is 0. The molecule has 0 unspecified atom stereocenters. The van der Waals surface area contributed by atoms with E-state index in [1.807, 2.05) is 0 Å². The van der Waals surface area contributed by atoms with E-state index in [-0.39, 0.29) is 0 Å². The highest BCUT2D eigenvalue weighted by molar-refractivity contribution is 5.89. The Morgan fingerprint density at radius 2 is 1.12 bits per heavy atom. The molecule has 0 N–H and O–H groups in total. The summed E-state index contributed by atoms with van der Waals surface area (Å²) >= 11 is 0. The Hall–Kier alpha value is -2.34. The van der Waals surface area contributed by atoms with Gasteiger partial charge in [0.05, 0.1) is 0 Å². The van der Waals surface area contributed by atoms with Crippen molar-refractivity contribution in [3.05, 3.63) is 83.4 Å². The second-order valence-electron chi connectivity index (χ2n) is 7.01. The molecule has 0 saturated heterocycles. The lowest BCUT2D eigenvalue weighted by atomic mass is 9.81. The van der Waals surface area contributed by atoms with Crippen LogP contribution in [0.3, 0.4) is 0 Å². The van der Waals surface area contributed by atoms with Crippen LogP contribution in [0.4, 0.5) is 0 Å². The van der Waals surface area contributed by atoms with E-state index in [0.29, 0.717) is 0 Å². The molecule has 0 heterocycles. The summed E-state index contributed by atoms with van der Waals surface area (Å²) in [5.41, 5.74) is 10.2. The topological polar surface area (TPSA) is 0 Å². The minimum Gasteiger partial charge on any atom is -0.0651 e. The fourth-order valence-corrected chi connectivity index (χ4v) is 4.02. The van der Waals surface area contributed by atoms with Crippen molar-refractivity contribution in [1.82, 2.24) is 0 Å². The lowest BCUT2D eigenvalue weighted by molar-refractivity contribution is 0.886. The zero-order valence-electron chi connectivity index (χ0n) is 16.4. The standard InChI is InChI=1S/C26H30/c1-4-13-23-19-20(6-3)24(14-5-2)26(22-17-11-8-12-18-22)25(23)21-15-9-7-10-16-21/h7-12,15-19H,4-6,13-14H2,1-3H3. The SMILES string of the molecule is CCCc1cc(CC)c(CCC)c(-c2ccccc2)c1-c1ccccc1. The second-order valence-corrected chi connectivity index (χ2v) is 7.01. The smallest absolute Gasteiger partial charge is 0.00678 e. The Balaban J connectivity index is 2.40. The fourth-order valence-electron chi connectivity index (χ4n) is 4.02. The normalized spacial score (nSPS) is 10.9. The van der Waals surface area contributed by atoms with Crippen LogP contribution in [0.25, 0.3) is 22.3 Å². The average Bonchev–Trinajstić information content (AvgIpc) is 2.70. The van der Waals surface area contributed by atoms with Crippen LogP contribution in [0, 0.1) is 0 Å². The van der Waals surface area contributed by atoms with E-state index in [9.17, 15) is 0 Å². The molecule has 0 aliphatic rings. The predicted molar refractivity (Wildman–Crippen MR) is 115 cm³/mol. The van der Waals surface area contributed by atoms with E-state index in [2.05, 4.69) is 87.5 Å². The Kier molecular flexibility index (Phi) is 6.28. The Morgan fingerprint density at radius 3 is 1.62 bits per heavy atom. The molecule has 3 aromatic carbocycles. The summed E-state index contributed by atoms with van der Waals surface area (Å²) in [5, 5.41) is 0. The summed E-state index contributed by atoms with van der Waals surface area (Å²) in [6.45, 7) is 6.86. The molecule has 0 spiro atoms. The maximum Gasteiger partial charge on any atom is -0.00678 e. The first-order valence-electron chi connectivity index (χ1n) is 10.1. The number of hydrogen-bond donors (Lipinski definition) is 0. The van der Waals surface area contributed by atoms with Crippen LogP contribution < -0.4 is 0 Å². The number of aryl methyl sites for hydroxylation is 2. The molecule has 0 aliphatic carbocycles. The van der Waals surface area contributed by atoms with Crippen LogP contribution >= 0.6 is 0 Å². The van der Waals surface area contributed by atoms with E-state index in [0.717, 1.165) is 19.3 Å². The molecule has 0 nitrogen and oxygen atoms in total. The molecule has 0 bridgehead atoms. The van der Waals surface area contributed by atoms with Gasteiger partial charge in [-0.3, -0.25) is 0 Å². The third-order valence-electron chi connectivity index (χ3n) is 5.13. The van der Waals surface area contributed by atoms with Crippen LogP contribution in [-0.2, 0) is 19.3 Å². The minimum absolute atomic E-state index is 1.10. The molecule has 134 valence electrons. The summed E-state index contributed by atoms with van der Waals surface area (Å²) < 4.78 is 0. The minimum atomic E-state index is 1.10. The molecule has 0 heteroatoms. The zero-order chi connectivity index (χ0) is 18.4. The van der Waals surface area contributed by atoms with Gasteiger partial charge in [0, 0.05) is 0 Å². The number of rotatable bonds is 7. The predicted octanol–water partition coefficient (Wildman–Crippen LogP) is 7.49. The van der Waals surface area contributed by atoms with Crippen LogP contribution in [0.2, 0.25) is 0 Å². The van der Waals surface area contributed by atoms with Crippen LogP contribution in [0.1, 0.15) is 50.3 Å². The molecule has 3 rings (SSSR count). The van der Waals surface area contributed by atoms with Crippen molar-refractivity contribution in [1.29, 1.82) is 0 Å². The Morgan fingerprint density at radius 1 is 0.577 bits per heavy atom. The molecule has 0 amide bonds. The number of hydrogen-bond acceptors (Lipinski definition) is 0. The van der Waals surface area contributed by atoms with Crippen molar-refractivity contribution in [3.63, 3.8) is 0 Å². The first kappa shape index (κ1) is 18.5. The van der Waals surface area contributed by atoms with Crippen molar-refractivity contribution in [2.24, 2.45) is 0 Å². The molecular weight excluding hydrogens is 312 g/mol. The van der Waals surface area contributed by atoms with Crippen molar-refractivity contribution in [2.75, 3.05) is 0 Å². The molecule has 0 atom stereocenters. The van der Waals surface area contributed by atoms with Gasteiger partial charge < -0.3 is 0 Å². The third-order valence-corrected chi connectivity index (χ3v) is 5.13. The van der Waals surface area contributed by atoms with Crippen LogP contribution in [0.15, 0.2) is 66.7 Å². The largest absolute Gasteiger partial charge is 0.0651 e. The van der Waals surface area contributed by atoms with Gasteiger partial charge in [0.2, 0.25) is 0 Å². The maximum absolute atomic E-state index is 2.49. The lowest BCUT2D eigenvalue weighted by Crippen LogP contribution is -2.04. The molecule has 26 heavy (non-hydrogen) atoms. The molecule has 0 aromatic heterocycles. The Bertz CT molecular complexity index is 829. The summed E-state index contributed by atoms with van der Waals surface area (Å²) in [6, 6.07) is 24.4. The van der Waals surface area contributed by atoms with Crippen molar-refractivity contribution < 1.29 is 0 Å². The monoisotopic (exact) mass is 342 g/mol. The van der Waals surface area contributed by atoms with Gasteiger partial charge >= 0.3 is 0 Å². The fraction of sp³-hybridized carbons (Fsp3) is 0.308. The third kappa shape index (κ3) is 3.75. The first-order valence-corrected chi connectivity index (χ1v) is 10.1. The number of benzene rings is 3. The summed E-state index contributed by atoms with van der Waals surface area (Å²) in [7, 11) is 0. The first-order chi connectivity index (χ1) is 12.8. The van der Waals surface area contributed by atoms with Crippen molar-refractivity contribution in [3.8, 4) is 22.3 Å². The van der Waals surface area contributed by atoms with Crippen molar-refractivity contribution >= 4 is 0 Å². The van der Waals surface area contributed by atoms with E-state index in [4.69, 9.17) is 0 Å². The van der Waals surface area contributed by atoms with Gasteiger partial charge in [-0.25, -0.2) is 0 Å². The highest BCUT2D eigenvalue weighted by Crippen LogP contribution is 2.40. The summed E-state index contributed by atoms with van der Waals surface area (Å²) in [6.07, 6.45) is 5.71. The lowest BCUT2D eigenvalue weighted by Gasteiger charge is -2.23. The van der Waals surface area contributed by atoms with Gasteiger partial charge in [0.1, 0.15) is 0 Å². The van der Waals surface area contributed by atoms with Gasteiger partial charge in [-0.1, -0.05) is 100 Å². The van der Waals surface area contributed by atoms with Gasteiger partial charge in [-0.05, 0) is 58.2 Å². The Labute approximate surface area is 158 Å². The van der Waals surface area contributed by atoms with E-state index >= 15 is 0 Å². The van der Waals surface area contributed by atoms with Crippen LogP contribution in [0.5, 0.6) is 0 Å². The summed E-state index contributed by atoms with van der Waals surface area (Å²) in [5.74, 6) is 0. The van der Waals surface area contributed by atoms with E-state index in [1.165, 1.54) is 46.2 Å². The highest BCUT2D eigenvalue weighted by atomic mass is 14.2. The average molecular weight is 343 g/mol. The van der Waals surface area contributed by atoms with Gasteiger partial charge in [-0.15, -0.1) is 0 Å². The highest BCUT2D eigenvalue weighted by Gasteiger charge is 2.19. The molecule has 3 aromatic rings. The molecule has 0 radical (unpaired) electrons. The van der Waals surface area contributed by atoms with Crippen molar-refractivity contribution in [2.45, 2.75) is 52.9 Å². The van der Waals surface area contributed by atoms with Gasteiger partial charge in [0.25, 0.3) is 0 Å².